The van der Waals surface area contributed by atoms with Crippen LogP contribution in [0.2, 0.25) is 5.02 Å². The summed E-state index contributed by atoms with van der Waals surface area (Å²) >= 11 is 6.38. The topological polar surface area (TPSA) is 136 Å². The van der Waals surface area contributed by atoms with Crippen LogP contribution in [-0.2, 0) is 0 Å². The van der Waals surface area contributed by atoms with Gasteiger partial charge in [0.05, 0.1) is 16.5 Å². The Balaban J connectivity index is 1.97. The minimum atomic E-state index is -0.396. The number of pyridine rings is 1. The Labute approximate surface area is 189 Å². The van der Waals surface area contributed by atoms with Crippen molar-refractivity contribution in [1.82, 2.24) is 14.5 Å². The molecule has 0 aliphatic heterocycles. The van der Waals surface area contributed by atoms with E-state index in [-0.39, 0.29) is 28.7 Å². The molecule has 0 bridgehead atoms. The molecule has 2 heterocycles. The van der Waals surface area contributed by atoms with Crippen LogP contribution in [0.5, 0.6) is 0 Å². The summed E-state index contributed by atoms with van der Waals surface area (Å²) in [5.74, 6) is 0.148. The third kappa shape index (κ3) is 3.70. The second kappa shape index (κ2) is 8.57. The lowest BCUT2D eigenvalue weighted by Crippen LogP contribution is -2.27. The molecule has 4 rings (SSSR count). The Kier molecular flexibility index (Phi) is 5.67. The Morgan fingerprint density at radius 2 is 1.91 bits per heavy atom. The molecule has 8 nitrogen and oxygen atoms in total. The van der Waals surface area contributed by atoms with E-state index < -0.39 is 6.04 Å². The highest BCUT2D eigenvalue weighted by Gasteiger charge is 2.22. The van der Waals surface area contributed by atoms with Gasteiger partial charge in [0, 0.05) is 11.4 Å². The van der Waals surface area contributed by atoms with Crippen molar-refractivity contribution >= 4 is 40.0 Å². The molecule has 32 heavy (non-hydrogen) atoms. The fourth-order valence-electron chi connectivity index (χ4n) is 3.70. The normalized spacial score (nSPS) is 11.8. The maximum atomic E-state index is 13.6. The molecule has 4 aromatic rings. The lowest BCUT2D eigenvalue weighted by atomic mass is 10.0. The largest absolute Gasteiger partial charge is 0.382 e. The summed E-state index contributed by atoms with van der Waals surface area (Å²) < 4.78 is 1.62. The number of hydrogen-bond donors (Lipinski definition) is 3. The lowest BCUT2D eigenvalue weighted by molar-refractivity contribution is 0.688. The van der Waals surface area contributed by atoms with Gasteiger partial charge in [-0.15, -0.1) is 0 Å². The number of nitrogens with one attached hydrogen (secondary N) is 1. The van der Waals surface area contributed by atoms with Crippen molar-refractivity contribution in [2.75, 3.05) is 16.8 Å². The number of aromatic nitrogens is 3. The monoisotopic (exact) mass is 445 g/mol. The Morgan fingerprint density at radius 1 is 1.16 bits per heavy atom. The fourth-order valence-corrected chi connectivity index (χ4v) is 3.96. The van der Waals surface area contributed by atoms with Crippen molar-refractivity contribution in [3.05, 3.63) is 81.2 Å². The van der Waals surface area contributed by atoms with Crippen LogP contribution in [0.15, 0.2) is 59.4 Å². The van der Waals surface area contributed by atoms with Crippen molar-refractivity contribution in [1.29, 1.82) is 5.26 Å². The summed E-state index contributed by atoms with van der Waals surface area (Å²) in [6.45, 7) is 1.96. The number of halogens is 1. The van der Waals surface area contributed by atoms with Crippen LogP contribution >= 0.6 is 11.6 Å². The zero-order chi connectivity index (χ0) is 22.8. The van der Waals surface area contributed by atoms with Crippen LogP contribution in [0.4, 0.5) is 17.6 Å². The minimum Gasteiger partial charge on any atom is -0.382 e. The van der Waals surface area contributed by atoms with Crippen LogP contribution in [0, 0.1) is 11.3 Å². The summed E-state index contributed by atoms with van der Waals surface area (Å²) in [6, 6.07) is 18.2. The Hall–Kier alpha value is -4.09. The molecule has 0 amide bonds. The number of nitriles is 1. The smallest absolute Gasteiger partial charge is 0.264 e. The van der Waals surface area contributed by atoms with Gasteiger partial charge in [-0.3, -0.25) is 9.36 Å². The number of fused-ring (bicyclic) bond motifs is 1. The molecule has 5 N–H and O–H groups in total. The second-order valence-corrected chi connectivity index (χ2v) is 7.56. The van der Waals surface area contributed by atoms with Gasteiger partial charge in [0.25, 0.3) is 5.56 Å². The van der Waals surface area contributed by atoms with Gasteiger partial charge in [-0.25, -0.2) is 0 Å². The van der Waals surface area contributed by atoms with Crippen molar-refractivity contribution in [2.45, 2.75) is 19.4 Å². The molecule has 1 atom stereocenters. The number of nitrogens with zero attached hydrogens (tertiary/aromatic N) is 4. The number of para-hydroxylation sites is 1. The highest BCUT2D eigenvalue weighted by atomic mass is 35.5. The lowest BCUT2D eigenvalue weighted by Gasteiger charge is -2.24. The number of hydrogen-bond acceptors (Lipinski definition) is 7. The molecule has 0 saturated carbocycles. The maximum Gasteiger partial charge on any atom is 0.264 e. The van der Waals surface area contributed by atoms with E-state index in [1.54, 1.807) is 16.7 Å². The minimum absolute atomic E-state index is 0.0110. The van der Waals surface area contributed by atoms with Crippen LogP contribution in [0.3, 0.4) is 0 Å². The summed E-state index contributed by atoms with van der Waals surface area (Å²) in [5, 5.41) is 14.3. The van der Waals surface area contributed by atoms with E-state index in [1.165, 1.54) is 0 Å². The predicted octanol–water partition coefficient (Wildman–Crippen LogP) is 4.03. The van der Waals surface area contributed by atoms with Gasteiger partial charge in [-0.2, -0.15) is 15.2 Å². The molecule has 2 aromatic heterocycles. The molecule has 0 saturated heterocycles. The summed E-state index contributed by atoms with van der Waals surface area (Å²) in [5.41, 5.74) is 12.8. The molecule has 160 valence electrons. The van der Waals surface area contributed by atoms with Gasteiger partial charge >= 0.3 is 0 Å². The number of nitrogens with two attached hydrogens (primary N) is 2. The molecule has 1 unspecified atom stereocenters. The van der Waals surface area contributed by atoms with Crippen molar-refractivity contribution in [3.63, 3.8) is 0 Å². The van der Waals surface area contributed by atoms with E-state index >= 15 is 0 Å². The van der Waals surface area contributed by atoms with E-state index in [9.17, 15) is 10.1 Å². The average molecular weight is 446 g/mol. The Bertz CT molecular complexity index is 1410. The highest BCUT2D eigenvalue weighted by molar-refractivity contribution is 6.35. The standard InChI is InChI=1S/C23H20ClN7O/c1-2-17(28-21-15(12-25)20(26)29-23(27)30-21)18-11-13-7-6-10-16(24)19(13)22(32)31(18)14-8-4-3-5-9-14/h3-11,17H,2H2,1H3,(H5,26,27,28,29,30). The molecule has 0 radical (unpaired) electrons. The third-order valence-corrected chi connectivity index (χ3v) is 5.50. The summed E-state index contributed by atoms with van der Waals surface area (Å²) in [6.07, 6.45) is 0.576. The highest BCUT2D eigenvalue weighted by Crippen LogP contribution is 2.30. The predicted molar refractivity (Wildman–Crippen MR) is 127 cm³/mol. The zero-order valence-corrected chi connectivity index (χ0v) is 18.0. The van der Waals surface area contributed by atoms with E-state index in [0.717, 1.165) is 0 Å². The van der Waals surface area contributed by atoms with Gasteiger partial charge in [-0.1, -0.05) is 48.9 Å². The first-order chi connectivity index (χ1) is 15.4. The molecular weight excluding hydrogens is 426 g/mol. The third-order valence-electron chi connectivity index (χ3n) is 5.18. The Morgan fingerprint density at radius 3 is 2.59 bits per heavy atom. The number of benzene rings is 2. The summed E-state index contributed by atoms with van der Waals surface area (Å²) in [4.78, 5) is 21.6. The van der Waals surface area contributed by atoms with Crippen LogP contribution in [0.1, 0.15) is 30.6 Å². The van der Waals surface area contributed by atoms with E-state index in [1.807, 2.05) is 55.5 Å². The van der Waals surface area contributed by atoms with Crippen molar-refractivity contribution in [3.8, 4) is 11.8 Å². The quantitative estimate of drug-likeness (QED) is 0.421. The van der Waals surface area contributed by atoms with Crippen molar-refractivity contribution in [2.24, 2.45) is 0 Å². The van der Waals surface area contributed by atoms with Gasteiger partial charge in [0.15, 0.2) is 5.82 Å². The van der Waals surface area contributed by atoms with Crippen LogP contribution in [-0.4, -0.2) is 14.5 Å². The van der Waals surface area contributed by atoms with Gasteiger partial charge < -0.3 is 16.8 Å². The number of nitrogen functional groups attached to an aromatic ring is 2. The van der Waals surface area contributed by atoms with Crippen LogP contribution in [0.25, 0.3) is 16.5 Å². The van der Waals surface area contributed by atoms with E-state index in [2.05, 4.69) is 15.3 Å². The average Bonchev–Trinajstić information content (AvgIpc) is 2.77. The van der Waals surface area contributed by atoms with Crippen molar-refractivity contribution < 1.29 is 0 Å². The van der Waals surface area contributed by atoms with E-state index in [4.69, 9.17) is 23.1 Å². The molecule has 0 aliphatic rings. The molecule has 9 heteroatoms. The van der Waals surface area contributed by atoms with Crippen LogP contribution < -0.4 is 22.3 Å². The number of anilines is 3. The molecule has 0 spiro atoms. The first kappa shape index (κ1) is 21.2. The van der Waals surface area contributed by atoms with Gasteiger partial charge in [-0.05, 0) is 36.1 Å². The molecule has 2 aromatic carbocycles. The maximum absolute atomic E-state index is 13.6. The van der Waals surface area contributed by atoms with Gasteiger partial charge in [0.1, 0.15) is 17.5 Å². The van der Waals surface area contributed by atoms with E-state index in [0.29, 0.717) is 33.6 Å². The molecular formula is C23H20ClN7O. The fraction of sp³-hybridized carbons (Fsp3) is 0.130. The number of rotatable bonds is 5. The molecule has 0 fully saturated rings. The second-order valence-electron chi connectivity index (χ2n) is 7.16. The SMILES string of the molecule is CCC(Nc1nc(N)nc(N)c1C#N)c1cc2cccc(Cl)c2c(=O)n1-c1ccccc1. The first-order valence-electron chi connectivity index (χ1n) is 9.93. The molecule has 0 aliphatic carbocycles. The van der Waals surface area contributed by atoms with Gasteiger partial charge in [0.2, 0.25) is 5.95 Å². The summed E-state index contributed by atoms with van der Waals surface area (Å²) in [7, 11) is 0. The zero-order valence-electron chi connectivity index (χ0n) is 17.2. The first-order valence-corrected chi connectivity index (χ1v) is 10.3.